The van der Waals surface area contributed by atoms with Gasteiger partial charge in [-0.05, 0) is 32.1 Å². The van der Waals surface area contributed by atoms with E-state index < -0.39 is 12.2 Å². The van der Waals surface area contributed by atoms with Crippen LogP contribution in [0.25, 0.3) is 0 Å². The zero-order chi connectivity index (χ0) is 18.2. The lowest BCUT2D eigenvalue weighted by Crippen LogP contribution is -2.27. The van der Waals surface area contributed by atoms with E-state index in [9.17, 15) is 20.1 Å². The first-order valence-corrected chi connectivity index (χ1v) is 9.62. The topological polar surface area (TPSA) is 87.0 Å². The summed E-state index contributed by atoms with van der Waals surface area (Å²) in [7, 11) is 1.40. The van der Waals surface area contributed by atoms with Gasteiger partial charge in [0.05, 0.1) is 25.4 Å². The minimum atomic E-state index is -0.745. The quantitative estimate of drug-likeness (QED) is 0.295. The number of ether oxygens (including phenoxy) is 1. The molecule has 0 aromatic carbocycles. The third-order valence-corrected chi connectivity index (χ3v) is 4.49. The number of methoxy groups -OCH3 is 1. The lowest BCUT2D eigenvalue weighted by atomic mass is 9.98. The van der Waals surface area contributed by atoms with Crippen molar-refractivity contribution in [2.75, 3.05) is 7.11 Å². The second kappa shape index (κ2) is 15.9. The Kier molecular flexibility index (Phi) is 15.4. The molecule has 0 bridgehead atoms. The normalized spacial score (nSPS) is 15.0. The zero-order valence-electron chi connectivity index (χ0n) is 15.6. The van der Waals surface area contributed by atoms with Crippen molar-refractivity contribution in [3.63, 3.8) is 0 Å². The molecule has 0 aliphatic carbocycles. The molecule has 0 aliphatic heterocycles. The smallest absolute Gasteiger partial charge is 0.305 e. The molecule has 0 amide bonds. The fourth-order valence-electron chi connectivity index (χ4n) is 2.78. The average Bonchev–Trinajstić information content (AvgIpc) is 2.58. The fraction of sp³-hybridized carbons (Fsp3) is 0.947. The first-order chi connectivity index (χ1) is 11.5. The first kappa shape index (κ1) is 23.4. The summed E-state index contributed by atoms with van der Waals surface area (Å²) in [6.45, 7) is 2.13. The molecule has 0 aliphatic rings. The Balaban J connectivity index is 3.54. The van der Waals surface area contributed by atoms with Gasteiger partial charge in [-0.15, -0.1) is 0 Å². The van der Waals surface area contributed by atoms with E-state index in [-0.39, 0.29) is 12.1 Å². The Hall–Kier alpha value is -0.650. The Morgan fingerprint density at radius 1 is 0.792 bits per heavy atom. The summed E-state index contributed by atoms with van der Waals surface area (Å²) >= 11 is 0. The maximum Gasteiger partial charge on any atom is 0.305 e. The summed E-state index contributed by atoms with van der Waals surface area (Å²) in [5, 5.41) is 29.7. The minimum Gasteiger partial charge on any atom is -0.469 e. The van der Waals surface area contributed by atoms with Crippen LogP contribution in [0.1, 0.15) is 90.4 Å². The van der Waals surface area contributed by atoms with Gasteiger partial charge in [0.15, 0.2) is 0 Å². The second-order valence-electron chi connectivity index (χ2n) is 6.74. The Morgan fingerprint density at radius 2 is 1.38 bits per heavy atom. The molecule has 0 heterocycles. The fourth-order valence-corrected chi connectivity index (χ4v) is 2.78. The number of carbonyl (C=O) groups excluding carboxylic acids is 1. The van der Waals surface area contributed by atoms with Crippen molar-refractivity contribution in [3.05, 3.63) is 0 Å². The van der Waals surface area contributed by atoms with Crippen molar-refractivity contribution < 1.29 is 24.9 Å². The van der Waals surface area contributed by atoms with E-state index in [1.807, 2.05) is 0 Å². The van der Waals surface area contributed by atoms with Crippen LogP contribution >= 0.6 is 0 Å². The van der Waals surface area contributed by atoms with Gasteiger partial charge in [-0.3, -0.25) is 4.79 Å². The molecule has 3 N–H and O–H groups in total. The number of carbonyl (C=O) groups is 1. The van der Waals surface area contributed by atoms with E-state index in [1.54, 1.807) is 0 Å². The van der Waals surface area contributed by atoms with E-state index >= 15 is 0 Å². The zero-order valence-corrected chi connectivity index (χ0v) is 15.6. The largest absolute Gasteiger partial charge is 0.469 e. The van der Waals surface area contributed by atoms with Crippen LogP contribution in [0.4, 0.5) is 0 Å². The highest BCUT2D eigenvalue weighted by Crippen LogP contribution is 2.15. The minimum absolute atomic E-state index is 0.162. The molecule has 144 valence electrons. The van der Waals surface area contributed by atoms with E-state index in [4.69, 9.17) is 0 Å². The van der Waals surface area contributed by atoms with Gasteiger partial charge in [-0.25, -0.2) is 0 Å². The molecule has 24 heavy (non-hydrogen) atoms. The van der Waals surface area contributed by atoms with Crippen LogP contribution in [0.5, 0.6) is 0 Å². The molecule has 0 saturated heterocycles. The number of unbranched alkanes of at least 4 members (excludes halogenated alkanes) is 6. The molecule has 0 rings (SSSR count). The number of hydrogen-bond donors (Lipinski definition) is 3. The van der Waals surface area contributed by atoms with Gasteiger partial charge in [0.1, 0.15) is 0 Å². The molecular formula is C19H38O5. The van der Waals surface area contributed by atoms with E-state index in [0.29, 0.717) is 25.7 Å². The molecule has 5 heteroatoms. The van der Waals surface area contributed by atoms with Gasteiger partial charge in [-0.2, -0.15) is 0 Å². The lowest BCUT2D eigenvalue weighted by molar-refractivity contribution is -0.140. The van der Waals surface area contributed by atoms with Crippen LogP contribution in [0.15, 0.2) is 0 Å². The van der Waals surface area contributed by atoms with Gasteiger partial charge in [-0.1, -0.05) is 51.9 Å². The van der Waals surface area contributed by atoms with Crippen molar-refractivity contribution in [3.8, 4) is 0 Å². The molecule has 0 spiro atoms. The van der Waals surface area contributed by atoms with Gasteiger partial charge in [0, 0.05) is 6.42 Å². The highest BCUT2D eigenvalue weighted by molar-refractivity contribution is 5.68. The van der Waals surface area contributed by atoms with Crippen molar-refractivity contribution in [2.24, 2.45) is 0 Å². The number of aliphatic hydroxyl groups is 3. The Bertz CT molecular complexity index is 295. The highest BCUT2D eigenvalue weighted by atomic mass is 16.5. The third-order valence-electron chi connectivity index (χ3n) is 4.49. The van der Waals surface area contributed by atoms with Crippen LogP contribution < -0.4 is 0 Å². The highest BCUT2D eigenvalue weighted by Gasteiger charge is 2.17. The van der Waals surface area contributed by atoms with E-state index in [0.717, 1.165) is 57.8 Å². The Morgan fingerprint density at radius 3 is 2.04 bits per heavy atom. The first-order valence-electron chi connectivity index (χ1n) is 9.62. The molecule has 0 aromatic rings. The summed E-state index contributed by atoms with van der Waals surface area (Å²) in [4.78, 5) is 10.9. The van der Waals surface area contributed by atoms with E-state index in [1.165, 1.54) is 7.11 Å². The Labute approximate surface area is 147 Å². The summed E-state index contributed by atoms with van der Waals surface area (Å²) in [5.74, 6) is -0.162. The number of hydrogen-bond acceptors (Lipinski definition) is 5. The van der Waals surface area contributed by atoms with Crippen LogP contribution in [-0.2, 0) is 9.53 Å². The van der Waals surface area contributed by atoms with Crippen molar-refractivity contribution >= 4 is 5.97 Å². The van der Waals surface area contributed by atoms with E-state index in [2.05, 4.69) is 11.7 Å². The van der Waals surface area contributed by atoms with Crippen LogP contribution in [-0.4, -0.2) is 46.7 Å². The van der Waals surface area contributed by atoms with Crippen LogP contribution in [0, 0.1) is 0 Å². The van der Waals surface area contributed by atoms with Crippen molar-refractivity contribution in [1.29, 1.82) is 0 Å². The summed E-state index contributed by atoms with van der Waals surface area (Å²) in [6, 6.07) is 0. The van der Waals surface area contributed by atoms with Gasteiger partial charge < -0.3 is 20.1 Å². The predicted octanol–water partition coefficient (Wildman–Crippen LogP) is 3.33. The number of esters is 1. The average molecular weight is 347 g/mol. The lowest BCUT2D eigenvalue weighted by Gasteiger charge is -2.19. The van der Waals surface area contributed by atoms with Crippen LogP contribution in [0.2, 0.25) is 0 Å². The van der Waals surface area contributed by atoms with Crippen molar-refractivity contribution in [1.82, 2.24) is 0 Å². The maximum atomic E-state index is 10.9. The molecule has 3 atom stereocenters. The molecular weight excluding hydrogens is 308 g/mol. The maximum absolute atomic E-state index is 10.9. The molecule has 3 unspecified atom stereocenters. The predicted molar refractivity (Wildman–Crippen MR) is 95.7 cm³/mol. The number of rotatable bonds is 16. The van der Waals surface area contributed by atoms with Crippen LogP contribution in [0.3, 0.4) is 0 Å². The monoisotopic (exact) mass is 346 g/mol. The summed E-state index contributed by atoms with van der Waals surface area (Å²) in [6.07, 6.45) is 9.02. The van der Waals surface area contributed by atoms with Gasteiger partial charge >= 0.3 is 5.97 Å². The van der Waals surface area contributed by atoms with Crippen molar-refractivity contribution in [2.45, 2.75) is 109 Å². The number of aliphatic hydroxyl groups excluding tert-OH is 3. The third kappa shape index (κ3) is 13.8. The summed E-state index contributed by atoms with van der Waals surface area (Å²) < 4.78 is 4.59. The summed E-state index contributed by atoms with van der Waals surface area (Å²) in [5.41, 5.74) is 0. The SMILES string of the molecule is CCCCCC(O)CCC(O)C(O)CCCCCCCC(=O)OC. The standard InChI is InChI=1S/C19H38O5/c1-3-4-8-11-16(20)14-15-18(22)17(21)12-9-6-5-7-10-13-19(23)24-2/h16-18,20-22H,3-15H2,1-2H3. The molecule has 5 nitrogen and oxygen atoms in total. The second-order valence-corrected chi connectivity index (χ2v) is 6.74. The molecule has 0 aromatic heterocycles. The molecule has 0 radical (unpaired) electrons. The van der Waals surface area contributed by atoms with Gasteiger partial charge in [0.25, 0.3) is 0 Å². The molecule has 0 saturated carbocycles. The van der Waals surface area contributed by atoms with Gasteiger partial charge in [0.2, 0.25) is 0 Å². The molecule has 0 fully saturated rings.